The molecule has 2 aromatic rings. The highest BCUT2D eigenvalue weighted by Crippen LogP contribution is 2.27. The molecule has 0 spiro atoms. The van der Waals surface area contributed by atoms with Crippen molar-refractivity contribution in [3.05, 3.63) is 58.1 Å². The molecule has 0 atom stereocenters. The second-order valence-electron chi connectivity index (χ2n) is 5.97. The lowest BCUT2D eigenvalue weighted by atomic mass is 10.2. The van der Waals surface area contributed by atoms with Crippen molar-refractivity contribution in [1.29, 1.82) is 0 Å². The predicted molar refractivity (Wildman–Crippen MR) is 127 cm³/mol. The Bertz CT molecular complexity index is 1030. The van der Waals surface area contributed by atoms with Crippen LogP contribution in [0.25, 0.3) is 0 Å². The third kappa shape index (κ3) is 7.84. The quantitative estimate of drug-likeness (QED) is 0.0980. The number of aliphatic imine (C=N–C) groups is 1. The van der Waals surface area contributed by atoms with Crippen molar-refractivity contribution >= 4 is 45.6 Å². The van der Waals surface area contributed by atoms with Gasteiger partial charge in [-0.3, -0.25) is 10.1 Å². The standard InChI is InChI=1S/C18H23N5O6S.HI/c1-28-16-7-6-13(10-17(16)29-2)12-21-18(19)20-8-9-22-30(26,27)15-5-3-4-14(11-15)23(24)25;/h3-7,10-11,22H,8-9,12H2,1-2H3,(H3,19,20,21);1H. The van der Waals surface area contributed by atoms with E-state index in [9.17, 15) is 18.5 Å². The summed E-state index contributed by atoms with van der Waals surface area (Å²) in [5, 5.41) is 13.6. The van der Waals surface area contributed by atoms with Crippen LogP contribution in [0.2, 0.25) is 0 Å². The van der Waals surface area contributed by atoms with Gasteiger partial charge >= 0.3 is 0 Å². The second kappa shape index (κ2) is 12.3. The molecule has 0 bridgehead atoms. The Morgan fingerprint density at radius 3 is 2.48 bits per heavy atom. The molecule has 0 saturated heterocycles. The van der Waals surface area contributed by atoms with Crippen LogP contribution in [0, 0.1) is 10.1 Å². The van der Waals surface area contributed by atoms with E-state index in [2.05, 4.69) is 15.0 Å². The van der Waals surface area contributed by atoms with E-state index in [-0.39, 0.29) is 53.6 Å². The summed E-state index contributed by atoms with van der Waals surface area (Å²) in [6.45, 7) is 0.478. The third-order valence-corrected chi connectivity index (χ3v) is 5.40. The highest BCUT2D eigenvalue weighted by atomic mass is 127. The molecule has 0 amide bonds. The molecule has 4 N–H and O–H groups in total. The number of nitro benzene ring substituents is 1. The lowest BCUT2D eigenvalue weighted by Crippen LogP contribution is -2.38. The van der Waals surface area contributed by atoms with E-state index in [1.807, 2.05) is 6.07 Å². The maximum absolute atomic E-state index is 12.2. The number of non-ortho nitro benzene ring substituents is 1. The fourth-order valence-corrected chi connectivity index (χ4v) is 3.51. The van der Waals surface area contributed by atoms with Crippen molar-refractivity contribution in [2.24, 2.45) is 10.7 Å². The van der Waals surface area contributed by atoms with Crippen LogP contribution in [-0.4, -0.2) is 46.6 Å². The number of guanidine groups is 1. The summed E-state index contributed by atoms with van der Waals surface area (Å²) in [5.41, 5.74) is 6.34. The van der Waals surface area contributed by atoms with Crippen LogP contribution in [0.3, 0.4) is 0 Å². The molecule has 31 heavy (non-hydrogen) atoms. The lowest BCUT2D eigenvalue weighted by molar-refractivity contribution is -0.385. The van der Waals surface area contributed by atoms with Crippen LogP contribution in [0.5, 0.6) is 11.5 Å². The van der Waals surface area contributed by atoms with Crippen molar-refractivity contribution in [3.8, 4) is 11.5 Å². The molecule has 0 aliphatic heterocycles. The molecule has 0 aliphatic rings. The minimum Gasteiger partial charge on any atom is -0.493 e. The van der Waals surface area contributed by atoms with Gasteiger partial charge in [-0.25, -0.2) is 18.1 Å². The van der Waals surface area contributed by atoms with Gasteiger partial charge in [-0.05, 0) is 23.8 Å². The number of rotatable bonds is 10. The van der Waals surface area contributed by atoms with Gasteiger partial charge in [0.2, 0.25) is 10.0 Å². The first-order valence-electron chi connectivity index (χ1n) is 8.75. The average molecular weight is 565 g/mol. The Morgan fingerprint density at radius 2 is 1.84 bits per heavy atom. The summed E-state index contributed by atoms with van der Waals surface area (Å²) in [7, 11) is -0.801. The van der Waals surface area contributed by atoms with Gasteiger partial charge in [-0.1, -0.05) is 12.1 Å². The van der Waals surface area contributed by atoms with Crippen LogP contribution in [-0.2, 0) is 16.6 Å². The summed E-state index contributed by atoms with van der Waals surface area (Å²) in [6, 6.07) is 10.2. The first kappa shape index (κ1) is 26.4. The van der Waals surface area contributed by atoms with Crippen LogP contribution in [0.1, 0.15) is 5.56 Å². The third-order valence-electron chi connectivity index (χ3n) is 3.94. The Hall–Kier alpha value is -2.65. The second-order valence-corrected chi connectivity index (χ2v) is 7.74. The van der Waals surface area contributed by atoms with Crippen LogP contribution < -0.4 is 25.2 Å². The number of benzene rings is 2. The Labute approximate surface area is 197 Å². The summed E-state index contributed by atoms with van der Waals surface area (Å²) < 4.78 is 37.2. The van der Waals surface area contributed by atoms with Crippen LogP contribution in [0.15, 0.2) is 52.4 Å². The molecule has 0 radical (unpaired) electrons. The van der Waals surface area contributed by atoms with Gasteiger partial charge < -0.3 is 20.5 Å². The van der Waals surface area contributed by atoms with E-state index in [0.717, 1.165) is 11.6 Å². The fraction of sp³-hybridized carbons (Fsp3) is 0.278. The van der Waals surface area contributed by atoms with Crippen LogP contribution >= 0.6 is 24.0 Å². The van der Waals surface area contributed by atoms with Gasteiger partial charge in [0.25, 0.3) is 5.69 Å². The zero-order valence-corrected chi connectivity index (χ0v) is 20.0. The van der Waals surface area contributed by atoms with E-state index in [1.165, 1.54) is 25.3 Å². The normalized spacial score (nSPS) is 11.4. The molecule has 2 aromatic carbocycles. The average Bonchev–Trinajstić information content (AvgIpc) is 2.75. The number of nitrogens with two attached hydrogens (primary N) is 1. The monoisotopic (exact) mass is 565 g/mol. The largest absolute Gasteiger partial charge is 0.493 e. The number of methoxy groups -OCH3 is 2. The van der Waals surface area contributed by atoms with E-state index < -0.39 is 14.9 Å². The molecule has 170 valence electrons. The summed E-state index contributed by atoms with van der Waals surface area (Å²) in [6.07, 6.45) is 0. The number of ether oxygens (including phenoxy) is 2. The lowest BCUT2D eigenvalue weighted by Gasteiger charge is -2.10. The van der Waals surface area contributed by atoms with E-state index in [4.69, 9.17) is 15.2 Å². The summed E-state index contributed by atoms with van der Waals surface area (Å²) >= 11 is 0. The SMILES string of the molecule is COc1ccc(CN=C(N)NCCNS(=O)(=O)c2cccc([N+](=O)[O-])c2)cc1OC.I. The van der Waals surface area contributed by atoms with Crippen molar-refractivity contribution in [1.82, 2.24) is 10.0 Å². The van der Waals surface area contributed by atoms with Gasteiger partial charge in [-0.2, -0.15) is 0 Å². The van der Waals surface area contributed by atoms with E-state index in [0.29, 0.717) is 18.0 Å². The number of halogens is 1. The number of nitro groups is 1. The fourth-order valence-electron chi connectivity index (χ4n) is 2.43. The molecule has 0 unspecified atom stereocenters. The predicted octanol–water partition coefficient (Wildman–Crippen LogP) is 1.61. The zero-order valence-electron chi connectivity index (χ0n) is 16.9. The molecule has 0 aliphatic carbocycles. The number of hydrogen-bond donors (Lipinski definition) is 3. The first-order chi connectivity index (χ1) is 14.3. The first-order valence-corrected chi connectivity index (χ1v) is 10.2. The summed E-state index contributed by atoms with van der Waals surface area (Å²) in [5.74, 6) is 1.32. The maximum Gasteiger partial charge on any atom is 0.270 e. The highest BCUT2D eigenvalue weighted by molar-refractivity contribution is 14.0. The van der Waals surface area contributed by atoms with Gasteiger partial charge in [0, 0.05) is 25.2 Å². The van der Waals surface area contributed by atoms with Gasteiger partial charge in [-0.15, -0.1) is 24.0 Å². The number of nitrogens with zero attached hydrogens (tertiary/aromatic N) is 2. The summed E-state index contributed by atoms with van der Waals surface area (Å²) in [4.78, 5) is 14.1. The minimum atomic E-state index is -3.88. The smallest absolute Gasteiger partial charge is 0.270 e. The Balaban J connectivity index is 0.00000480. The molecule has 0 aromatic heterocycles. The zero-order chi connectivity index (χ0) is 22.1. The van der Waals surface area contributed by atoms with Gasteiger partial charge in [0.15, 0.2) is 17.5 Å². The Morgan fingerprint density at radius 1 is 1.13 bits per heavy atom. The number of hydrogen-bond acceptors (Lipinski definition) is 7. The molecule has 0 heterocycles. The molecule has 0 fully saturated rings. The molecular weight excluding hydrogens is 541 g/mol. The number of nitrogens with one attached hydrogen (secondary N) is 2. The van der Waals surface area contributed by atoms with E-state index >= 15 is 0 Å². The van der Waals surface area contributed by atoms with Crippen molar-refractivity contribution in [2.45, 2.75) is 11.4 Å². The highest BCUT2D eigenvalue weighted by Gasteiger charge is 2.16. The topological polar surface area (TPSA) is 158 Å². The minimum absolute atomic E-state index is 0. The van der Waals surface area contributed by atoms with E-state index in [1.54, 1.807) is 19.2 Å². The van der Waals surface area contributed by atoms with Crippen molar-refractivity contribution < 1.29 is 22.8 Å². The van der Waals surface area contributed by atoms with Crippen molar-refractivity contribution in [3.63, 3.8) is 0 Å². The molecular formula is C18H24IN5O6S. The van der Waals surface area contributed by atoms with Gasteiger partial charge in [0.05, 0.1) is 30.6 Å². The molecule has 13 heteroatoms. The molecule has 11 nitrogen and oxygen atoms in total. The Kier molecular flexibility index (Phi) is 10.4. The van der Waals surface area contributed by atoms with Crippen molar-refractivity contribution in [2.75, 3.05) is 27.3 Å². The maximum atomic E-state index is 12.2. The number of sulfonamides is 1. The van der Waals surface area contributed by atoms with Crippen LogP contribution in [0.4, 0.5) is 5.69 Å². The van der Waals surface area contributed by atoms with Gasteiger partial charge in [0.1, 0.15) is 0 Å². The molecule has 2 rings (SSSR count). The molecule has 0 saturated carbocycles.